The number of fused-ring (bicyclic) bond motifs is 1. The van der Waals surface area contributed by atoms with Crippen LogP contribution in [0.4, 0.5) is 4.79 Å². The zero-order valence-corrected chi connectivity index (χ0v) is 22.4. The molecule has 1 fully saturated rings. The third-order valence-corrected chi connectivity index (χ3v) is 7.39. The van der Waals surface area contributed by atoms with Gasteiger partial charge in [-0.05, 0) is 81.2 Å². The van der Waals surface area contributed by atoms with Gasteiger partial charge in [0.05, 0.1) is 5.69 Å². The Morgan fingerprint density at radius 1 is 1.08 bits per heavy atom. The fraction of sp³-hybridized carbons (Fsp3) is 0.433. The molecular formula is C30H36N4O3. The van der Waals surface area contributed by atoms with Crippen molar-refractivity contribution in [2.24, 2.45) is 5.92 Å². The van der Waals surface area contributed by atoms with Crippen LogP contribution in [0.5, 0.6) is 0 Å². The Kier molecular flexibility index (Phi) is 6.56. The Labute approximate surface area is 218 Å². The van der Waals surface area contributed by atoms with Crippen molar-refractivity contribution in [3.63, 3.8) is 0 Å². The number of benzene rings is 2. The number of amides is 3. The number of rotatable bonds is 5. The molecule has 2 atom stereocenters. The van der Waals surface area contributed by atoms with Crippen LogP contribution < -0.4 is 10.6 Å². The highest BCUT2D eigenvalue weighted by atomic mass is 16.5. The molecule has 1 aliphatic heterocycles. The molecule has 5 rings (SSSR count). The maximum atomic E-state index is 13.0. The highest BCUT2D eigenvalue weighted by molar-refractivity contribution is 5.83. The van der Waals surface area contributed by atoms with Crippen LogP contribution in [-0.2, 0) is 24.3 Å². The normalized spacial score (nSPS) is 18.8. The zero-order valence-electron chi connectivity index (χ0n) is 22.4. The number of carbonyl (C=O) groups excluding carboxylic acids is 2. The van der Waals surface area contributed by atoms with Crippen molar-refractivity contribution in [3.05, 3.63) is 76.2 Å². The fourth-order valence-corrected chi connectivity index (χ4v) is 5.45. The Hall–Kier alpha value is -3.61. The van der Waals surface area contributed by atoms with Crippen LogP contribution in [0, 0.1) is 19.8 Å². The smallest absolute Gasteiger partial charge is 0.318 e. The minimum atomic E-state index is -0.313. The topological polar surface area (TPSA) is 87.5 Å². The number of hydrogen-bond acceptors (Lipinski definition) is 4. The molecule has 7 nitrogen and oxygen atoms in total. The van der Waals surface area contributed by atoms with E-state index in [9.17, 15) is 9.59 Å². The van der Waals surface area contributed by atoms with E-state index >= 15 is 0 Å². The summed E-state index contributed by atoms with van der Waals surface area (Å²) in [4.78, 5) is 27.9. The van der Waals surface area contributed by atoms with Crippen LogP contribution in [0.3, 0.4) is 0 Å². The first-order chi connectivity index (χ1) is 17.6. The fourth-order valence-electron chi connectivity index (χ4n) is 5.45. The van der Waals surface area contributed by atoms with Gasteiger partial charge in [-0.2, -0.15) is 0 Å². The lowest BCUT2D eigenvalue weighted by Crippen LogP contribution is -2.50. The summed E-state index contributed by atoms with van der Waals surface area (Å²) in [5.41, 5.74) is 7.24. The molecule has 3 amide bonds. The Morgan fingerprint density at radius 2 is 1.84 bits per heavy atom. The van der Waals surface area contributed by atoms with Gasteiger partial charge in [0, 0.05) is 36.7 Å². The summed E-state index contributed by atoms with van der Waals surface area (Å²) in [7, 11) is 0. The molecule has 1 saturated carbocycles. The summed E-state index contributed by atoms with van der Waals surface area (Å²) in [5.74, 6) is 1.20. The second kappa shape index (κ2) is 9.69. The molecule has 2 aliphatic rings. The SMILES string of the molecule is Cc1noc(C)c1-c1ccc(CNC(=O)C2CC2c2ccccc2)c2c1CCN(C(=O)NC(C)(C)C)C2. The summed E-state index contributed by atoms with van der Waals surface area (Å²) in [6.45, 7) is 11.4. The number of nitrogens with zero attached hydrogens (tertiary/aromatic N) is 2. The van der Waals surface area contributed by atoms with Crippen LogP contribution in [0.15, 0.2) is 47.0 Å². The molecule has 3 aromatic rings. The lowest BCUT2D eigenvalue weighted by atomic mass is 9.87. The molecule has 0 saturated heterocycles. The van der Waals surface area contributed by atoms with E-state index < -0.39 is 0 Å². The number of aromatic nitrogens is 1. The summed E-state index contributed by atoms with van der Waals surface area (Å²) >= 11 is 0. The molecule has 194 valence electrons. The Bertz CT molecular complexity index is 1300. The van der Waals surface area contributed by atoms with Crippen LogP contribution in [0.1, 0.15) is 66.8 Å². The maximum absolute atomic E-state index is 13.0. The molecule has 7 heteroatoms. The number of nitrogens with one attached hydrogen (secondary N) is 2. The molecule has 0 spiro atoms. The molecule has 37 heavy (non-hydrogen) atoms. The van der Waals surface area contributed by atoms with E-state index in [2.05, 4.69) is 40.1 Å². The molecule has 2 N–H and O–H groups in total. The monoisotopic (exact) mass is 500 g/mol. The molecule has 2 unspecified atom stereocenters. The van der Waals surface area contributed by atoms with Gasteiger partial charge in [-0.3, -0.25) is 4.79 Å². The summed E-state index contributed by atoms with van der Waals surface area (Å²) in [5, 5.41) is 10.4. The van der Waals surface area contributed by atoms with E-state index in [-0.39, 0.29) is 23.4 Å². The van der Waals surface area contributed by atoms with Gasteiger partial charge in [-0.15, -0.1) is 0 Å². The van der Waals surface area contributed by atoms with E-state index in [1.165, 1.54) is 11.1 Å². The molecular weight excluding hydrogens is 464 g/mol. The minimum Gasteiger partial charge on any atom is -0.361 e. The van der Waals surface area contributed by atoms with E-state index in [0.717, 1.165) is 46.5 Å². The zero-order chi connectivity index (χ0) is 26.3. The number of carbonyl (C=O) groups is 2. The molecule has 1 aliphatic carbocycles. The van der Waals surface area contributed by atoms with E-state index in [4.69, 9.17) is 4.52 Å². The second-order valence-corrected chi connectivity index (χ2v) is 11.4. The van der Waals surface area contributed by atoms with E-state index in [1.54, 1.807) is 0 Å². The van der Waals surface area contributed by atoms with Crippen molar-refractivity contribution < 1.29 is 14.1 Å². The van der Waals surface area contributed by atoms with Gasteiger partial charge in [-0.25, -0.2) is 4.79 Å². The third-order valence-electron chi connectivity index (χ3n) is 7.39. The largest absolute Gasteiger partial charge is 0.361 e. The average Bonchev–Trinajstić information content (AvgIpc) is 3.60. The van der Waals surface area contributed by atoms with Gasteiger partial charge in [0.25, 0.3) is 0 Å². The standard InChI is InChI=1S/C30H36N4O3/c1-18-27(19(2)37-33-18)23-12-11-21(16-31-28(35)25-15-24(25)20-9-7-6-8-10-20)26-17-34(14-13-22(23)26)29(36)32-30(3,4)5/h6-12,24-25H,13-17H2,1-5H3,(H,31,35)(H,32,36). The molecule has 0 radical (unpaired) electrons. The predicted octanol–water partition coefficient (Wildman–Crippen LogP) is 5.24. The molecule has 2 heterocycles. The quantitative estimate of drug-likeness (QED) is 0.501. The van der Waals surface area contributed by atoms with Gasteiger partial charge in [0.1, 0.15) is 5.76 Å². The first-order valence-electron chi connectivity index (χ1n) is 13.1. The first kappa shape index (κ1) is 25.1. The molecule has 2 aromatic carbocycles. The van der Waals surface area contributed by atoms with Gasteiger partial charge < -0.3 is 20.1 Å². The Balaban J connectivity index is 1.39. The summed E-state index contributed by atoms with van der Waals surface area (Å²) < 4.78 is 5.46. The lowest BCUT2D eigenvalue weighted by molar-refractivity contribution is -0.122. The van der Waals surface area contributed by atoms with Crippen molar-refractivity contribution >= 4 is 11.9 Å². The second-order valence-electron chi connectivity index (χ2n) is 11.4. The van der Waals surface area contributed by atoms with Crippen LogP contribution in [-0.4, -0.2) is 34.1 Å². The highest BCUT2D eigenvalue weighted by Crippen LogP contribution is 2.47. The van der Waals surface area contributed by atoms with Crippen molar-refractivity contribution in [2.45, 2.75) is 72.0 Å². The van der Waals surface area contributed by atoms with Gasteiger partial charge in [0.2, 0.25) is 5.91 Å². The average molecular weight is 501 g/mol. The summed E-state index contributed by atoms with van der Waals surface area (Å²) in [6.07, 6.45) is 1.62. The van der Waals surface area contributed by atoms with E-state index in [1.807, 2.05) is 57.7 Å². The summed E-state index contributed by atoms with van der Waals surface area (Å²) in [6, 6.07) is 14.4. The third kappa shape index (κ3) is 5.26. The van der Waals surface area contributed by atoms with Gasteiger partial charge >= 0.3 is 6.03 Å². The van der Waals surface area contributed by atoms with Crippen LogP contribution in [0.25, 0.3) is 11.1 Å². The van der Waals surface area contributed by atoms with Gasteiger partial charge in [-0.1, -0.05) is 47.6 Å². The molecule has 0 bridgehead atoms. The van der Waals surface area contributed by atoms with Crippen molar-refractivity contribution in [1.29, 1.82) is 0 Å². The van der Waals surface area contributed by atoms with E-state index in [0.29, 0.717) is 25.6 Å². The van der Waals surface area contributed by atoms with Crippen LogP contribution >= 0.6 is 0 Å². The van der Waals surface area contributed by atoms with Crippen LogP contribution in [0.2, 0.25) is 0 Å². The first-order valence-corrected chi connectivity index (χ1v) is 13.1. The van der Waals surface area contributed by atoms with Crippen molar-refractivity contribution in [3.8, 4) is 11.1 Å². The number of hydrogen-bond donors (Lipinski definition) is 2. The highest BCUT2D eigenvalue weighted by Gasteiger charge is 2.43. The number of aryl methyl sites for hydroxylation is 2. The predicted molar refractivity (Wildman–Crippen MR) is 143 cm³/mol. The number of urea groups is 1. The maximum Gasteiger partial charge on any atom is 0.318 e. The molecule has 1 aromatic heterocycles. The van der Waals surface area contributed by atoms with Gasteiger partial charge in [0.15, 0.2) is 0 Å². The van der Waals surface area contributed by atoms with Crippen molar-refractivity contribution in [1.82, 2.24) is 20.7 Å². The Morgan fingerprint density at radius 3 is 2.51 bits per heavy atom. The lowest BCUT2D eigenvalue weighted by Gasteiger charge is -2.34. The minimum absolute atomic E-state index is 0.0221. The van der Waals surface area contributed by atoms with Crippen molar-refractivity contribution in [2.75, 3.05) is 6.54 Å².